The highest BCUT2D eigenvalue weighted by molar-refractivity contribution is 14.0. The van der Waals surface area contributed by atoms with Crippen molar-refractivity contribution in [3.63, 3.8) is 0 Å². The summed E-state index contributed by atoms with van der Waals surface area (Å²) in [5, 5.41) is 6.75. The van der Waals surface area contributed by atoms with Crippen LogP contribution >= 0.6 is 24.0 Å². The first-order valence-corrected chi connectivity index (χ1v) is 9.25. The highest BCUT2D eigenvalue weighted by Crippen LogP contribution is 2.11. The molecule has 2 N–H and O–H groups in total. The fraction of sp³-hybridized carbons (Fsp3) is 0.889. The molecular weight excluding hydrogens is 431 g/mol. The molecule has 0 radical (unpaired) electrons. The molecule has 1 amide bonds. The molecule has 0 saturated carbocycles. The van der Waals surface area contributed by atoms with E-state index in [0.29, 0.717) is 12.0 Å². The van der Waals surface area contributed by atoms with Crippen LogP contribution in [-0.4, -0.2) is 62.7 Å². The van der Waals surface area contributed by atoms with Crippen molar-refractivity contribution in [1.82, 2.24) is 15.5 Å². The van der Waals surface area contributed by atoms with Gasteiger partial charge in [0, 0.05) is 33.3 Å². The maximum atomic E-state index is 11.8. The van der Waals surface area contributed by atoms with Crippen LogP contribution in [0.15, 0.2) is 4.99 Å². The Hall–Kier alpha value is -0.570. The number of hydrogen-bond acceptors (Lipinski definition) is 3. The number of hydrogen-bond donors (Lipinski definition) is 2. The van der Waals surface area contributed by atoms with E-state index in [1.807, 2.05) is 0 Å². The van der Waals surface area contributed by atoms with Gasteiger partial charge in [-0.2, -0.15) is 0 Å². The van der Waals surface area contributed by atoms with Gasteiger partial charge in [-0.1, -0.05) is 26.7 Å². The number of guanidine groups is 1. The van der Waals surface area contributed by atoms with Crippen molar-refractivity contribution < 1.29 is 9.53 Å². The third kappa shape index (κ3) is 11.6. The molecule has 0 spiro atoms. The minimum atomic E-state index is 0. The molecule has 2 unspecified atom stereocenters. The fourth-order valence-corrected chi connectivity index (χ4v) is 2.59. The number of carbonyl (C=O) groups excluding carboxylic acids is 1. The van der Waals surface area contributed by atoms with Gasteiger partial charge in [0.15, 0.2) is 5.96 Å². The van der Waals surface area contributed by atoms with Gasteiger partial charge in [-0.05, 0) is 32.1 Å². The van der Waals surface area contributed by atoms with E-state index in [0.717, 1.165) is 38.3 Å². The summed E-state index contributed by atoms with van der Waals surface area (Å²) < 4.78 is 5.64. The number of nitrogens with zero attached hydrogens (tertiary/aromatic N) is 2. The van der Waals surface area contributed by atoms with Gasteiger partial charge in [0.2, 0.25) is 5.91 Å². The highest BCUT2D eigenvalue weighted by Gasteiger charge is 2.16. The van der Waals surface area contributed by atoms with Crippen LogP contribution in [0.3, 0.4) is 0 Å². The summed E-state index contributed by atoms with van der Waals surface area (Å²) >= 11 is 0. The summed E-state index contributed by atoms with van der Waals surface area (Å²) in [7, 11) is 3.50. The lowest BCUT2D eigenvalue weighted by Crippen LogP contribution is -2.45. The summed E-state index contributed by atoms with van der Waals surface area (Å²) in [5.41, 5.74) is 0. The summed E-state index contributed by atoms with van der Waals surface area (Å²) in [4.78, 5) is 17.8. The molecule has 0 aromatic rings. The van der Waals surface area contributed by atoms with Crippen molar-refractivity contribution >= 4 is 35.8 Å². The molecular formula is C18H37IN4O2. The van der Waals surface area contributed by atoms with E-state index in [9.17, 15) is 4.79 Å². The van der Waals surface area contributed by atoms with Crippen LogP contribution in [0.5, 0.6) is 0 Å². The SMILES string of the molecule is CC(C)CCCC(C)NC(=NCC(=O)N(C)C)NCC1CCCO1.I. The molecule has 0 aromatic carbocycles. The summed E-state index contributed by atoms with van der Waals surface area (Å²) in [6.07, 6.45) is 5.98. The normalized spacial score (nSPS) is 18.6. The zero-order valence-corrected chi connectivity index (χ0v) is 18.8. The van der Waals surface area contributed by atoms with E-state index in [2.05, 4.69) is 36.4 Å². The van der Waals surface area contributed by atoms with E-state index >= 15 is 0 Å². The molecule has 0 aliphatic carbocycles. The van der Waals surface area contributed by atoms with E-state index < -0.39 is 0 Å². The highest BCUT2D eigenvalue weighted by atomic mass is 127. The number of aliphatic imine (C=N–C) groups is 1. The number of nitrogens with one attached hydrogen (secondary N) is 2. The Labute approximate surface area is 170 Å². The lowest BCUT2D eigenvalue weighted by molar-refractivity contribution is -0.127. The van der Waals surface area contributed by atoms with Crippen molar-refractivity contribution in [1.29, 1.82) is 0 Å². The van der Waals surface area contributed by atoms with E-state index in [4.69, 9.17) is 4.74 Å². The Morgan fingerprint density at radius 2 is 2.00 bits per heavy atom. The molecule has 6 nitrogen and oxygen atoms in total. The number of halogens is 1. The second kappa shape index (κ2) is 13.6. The Bertz CT molecular complexity index is 397. The van der Waals surface area contributed by atoms with E-state index in [-0.39, 0.29) is 42.5 Å². The zero-order valence-electron chi connectivity index (χ0n) is 16.5. The fourth-order valence-electron chi connectivity index (χ4n) is 2.59. The minimum Gasteiger partial charge on any atom is -0.376 e. The molecule has 1 rings (SSSR count). The monoisotopic (exact) mass is 468 g/mol. The van der Waals surface area contributed by atoms with Gasteiger partial charge in [-0.25, -0.2) is 4.99 Å². The van der Waals surface area contributed by atoms with Gasteiger partial charge in [0.05, 0.1) is 6.10 Å². The van der Waals surface area contributed by atoms with Crippen molar-refractivity contribution in [3.05, 3.63) is 0 Å². The van der Waals surface area contributed by atoms with Crippen LogP contribution < -0.4 is 10.6 Å². The van der Waals surface area contributed by atoms with Crippen molar-refractivity contribution in [3.8, 4) is 0 Å². The Morgan fingerprint density at radius 1 is 1.28 bits per heavy atom. The molecule has 25 heavy (non-hydrogen) atoms. The average molecular weight is 468 g/mol. The van der Waals surface area contributed by atoms with E-state index in [1.165, 1.54) is 12.8 Å². The number of rotatable bonds is 9. The predicted molar refractivity (Wildman–Crippen MR) is 115 cm³/mol. The van der Waals surface area contributed by atoms with Gasteiger partial charge >= 0.3 is 0 Å². The molecule has 7 heteroatoms. The van der Waals surface area contributed by atoms with Crippen LogP contribution in [0.1, 0.15) is 52.9 Å². The minimum absolute atomic E-state index is 0. The number of amides is 1. The molecule has 1 saturated heterocycles. The number of likely N-dealkylation sites (N-methyl/N-ethyl adjacent to an activating group) is 1. The van der Waals surface area contributed by atoms with Crippen molar-refractivity contribution in [2.75, 3.05) is 33.8 Å². The molecule has 0 aromatic heterocycles. The standard InChI is InChI=1S/C18H36N4O2.HI/c1-14(2)8-6-9-15(3)21-18(20-13-17(23)22(4)5)19-12-16-10-7-11-24-16;/h14-16H,6-13H2,1-5H3,(H2,19,20,21);1H. The maximum Gasteiger partial charge on any atom is 0.243 e. The van der Waals surface area contributed by atoms with Crippen molar-refractivity contribution in [2.24, 2.45) is 10.9 Å². The predicted octanol–water partition coefficient (Wildman–Crippen LogP) is 2.62. The third-order valence-electron chi connectivity index (χ3n) is 4.19. The Morgan fingerprint density at radius 3 is 2.56 bits per heavy atom. The lowest BCUT2D eigenvalue weighted by Gasteiger charge is -2.20. The topological polar surface area (TPSA) is 66.0 Å². The first-order valence-electron chi connectivity index (χ1n) is 9.25. The quantitative estimate of drug-likeness (QED) is 0.310. The van der Waals surface area contributed by atoms with Gasteiger partial charge in [0.25, 0.3) is 0 Å². The van der Waals surface area contributed by atoms with Gasteiger partial charge in [0.1, 0.15) is 6.54 Å². The first kappa shape index (κ1) is 24.4. The van der Waals surface area contributed by atoms with Crippen LogP contribution in [0.4, 0.5) is 0 Å². The van der Waals surface area contributed by atoms with Crippen LogP contribution in [-0.2, 0) is 9.53 Å². The molecule has 2 atom stereocenters. The number of carbonyl (C=O) groups is 1. The molecule has 1 aliphatic rings. The second-order valence-corrected chi connectivity index (χ2v) is 7.34. The molecule has 1 aliphatic heterocycles. The number of ether oxygens (including phenoxy) is 1. The van der Waals surface area contributed by atoms with Crippen molar-refractivity contribution in [2.45, 2.75) is 65.0 Å². The molecule has 1 heterocycles. The largest absolute Gasteiger partial charge is 0.376 e. The van der Waals surface area contributed by atoms with Crippen LogP contribution in [0, 0.1) is 5.92 Å². The lowest BCUT2D eigenvalue weighted by atomic mass is 10.0. The Kier molecular flexibility index (Phi) is 13.3. The first-order chi connectivity index (χ1) is 11.4. The van der Waals surface area contributed by atoms with Gasteiger partial charge in [-0.15, -0.1) is 24.0 Å². The summed E-state index contributed by atoms with van der Waals surface area (Å²) in [6, 6.07) is 0.328. The van der Waals surface area contributed by atoms with Crippen LogP contribution in [0.25, 0.3) is 0 Å². The second-order valence-electron chi connectivity index (χ2n) is 7.34. The smallest absolute Gasteiger partial charge is 0.243 e. The molecule has 1 fully saturated rings. The average Bonchev–Trinajstić information content (AvgIpc) is 3.02. The molecule has 148 valence electrons. The van der Waals surface area contributed by atoms with Gasteiger partial charge in [-0.3, -0.25) is 4.79 Å². The third-order valence-corrected chi connectivity index (χ3v) is 4.19. The molecule has 0 bridgehead atoms. The maximum absolute atomic E-state index is 11.8. The Balaban J connectivity index is 0.00000576. The summed E-state index contributed by atoms with van der Waals surface area (Å²) in [6.45, 7) is 8.41. The van der Waals surface area contributed by atoms with Crippen LogP contribution in [0.2, 0.25) is 0 Å². The van der Waals surface area contributed by atoms with E-state index in [1.54, 1.807) is 19.0 Å². The zero-order chi connectivity index (χ0) is 17.9. The van der Waals surface area contributed by atoms with Gasteiger partial charge < -0.3 is 20.3 Å². The summed E-state index contributed by atoms with van der Waals surface area (Å²) in [5.74, 6) is 1.44.